The summed E-state index contributed by atoms with van der Waals surface area (Å²) in [6, 6.07) is 8.77. The Morgan fingerprint density at radius 2 is 2.03 bits per heavy atom. The number of benzene rings is 1. The Morgan fingerprint density at radius 1 is 1.28 bits per heavy atom. The van der Waals surface area contributed by atoms with Crippen LogP contribution in [0.1, 0.15) is 54.2 Å². The van der Waals surface area contributed by atoms with Gasteiger partial charge in [0.15, 0.2) is 17.2 Å². The first-order valence-electron chi connectivity index (χ1n) is 9.73. The Labute approximate surface area is 170 Å². The molecule has 29 heavy (non-hydrogen) atoms. The van der Waals surface area contributed by atoms with E-state index in [1.165, 1.54) is 30.5 Å². The molecule has 3 rings (SSSR count). The van der Waals surface area contributed by atoms with Gasteiger partial charge >= 0.3 is 5.97 Å². The topological polar surface area (TPSA) is 97.8 Å². The molecule has 7 heteroatoms. The van der Waals surface area contributed by atoms with Gasteiger partial charge in [0.05, 0.1) is 7.11 Å². The Bertz CT molecular complexity index is 899. The summed E-state index contributed by atoms with van der Waals surface area (Å²) in [5.74, 6) is -1.36. The van der Waals surface area contributed by atoms with Gasteiger partial charge in [0.25, 0.3) is 5.91 Å². The zero-order valence-electron chi connectivity index (χ0n) is 16.8. The number of aromatic nitrogens is 1. The summed E-state index contributed by atoms with van der Waals surface area (Å²) in [6.07, 6.45) is 3.75. The van der Waals surface area contributed by atoms with Crippen molar-refractivity contribution in [3.05, 3.63) is 53.3 Å². The van der Waals surface area contributed by atoms with E-state index in [-0.39, 0.29) is 29.2 Å². The fourth-order valence-corrected chi connectivity index (χ4v) is 3.65. The largest absolute Gasteiger partial charge is 0.503 e. The first-order chi connectivity index (χ1) is 13.9. The van der Waals surface area contributed by atoms with Crippen molar-refractivity contribution in [2.24, 2.45) is 0 Å². The van der Waals surface area contributed by atoms with Crippen LogP contribution in [0.3, 0.4) is 0 Å². The molecular weight excluding hydrogens is 372 g/mol. The Hall–Kier alpha value is -3.09. The standard InChI is InChI=1S/C22H26N2O5/c1-13-16-9-5-4-7-15(16)8-6-10-17(13)29-22(27)14(2)24-21(26)19-20(25)18(28-3)11-12-23-19/h4-5,7,9,11-14,17,25H,6,8,10H2,1-3H3,(H,24,26)/t13?,14-,17?/m0/s1. The number of aromatic hydroxyl groups is 1. The SMILES string of the molecule is COc1ccnc(C(=O)N[C@@H](C)C(=O)OC2CCCc3ccccc3C2C)c1O. The van der Waals surface area contributed by atoms with Crippen molar-refractivity contribution in [2.75, 3.05) is 7.11 Å². The number of ether oxygens (including phenoxy) is 2. The normalized spacial score (nSPS) is 19.4. The van der Waals surface area contributed by atoms with Crippen LogP contribution in [0.5, 0.6) is 11.5 Å². The second-order valence-electron chi connectivity index (χ2n) is 7.26. The number of esters is 1. The molecule has 1 aromatic heterocycles. The number of amides is 1. The third-order valence-electron chi connectivity index (χ3n) is 5.33. The van der Waals surface area contributed by atoms with Gasteiger partial charge < -0.3 is 19.9 Å². The smallest absolute Gasteiger partial charge is 0.328 e. The number of aryl methyl sites for hydroxylation is 1. The van der Waals surface area contributed by atoms with Gasteiger partial charge in [0.2, 0.25) is 0 Å². The van der Waals surface area contributed by atoms with Gasteiger partial charge in [-0.15, -0.1) is 0 Å². The first kappa shape index (κ1) is 20.6. The zero-order chi connectivity index (χ0) is 21.0. The molecule has 3 atom stereocenters. The molecule has 0 saturated carbocycles. The predicted octanol–water partition coefficient (Wildman–Crippen LogP) is 2.97. The van der Waals surface area contributed by atoms with E-state index >= 15 is 0 Å². The van der Waals surface area contributed by atoms with Crippen LogP contribution in [0.4, 0.5) is 0 Å². The van der Waals surface area contributed by atoms with E-state index in [1.54, 1.807) is 6.92 Å². The van der Waals surface area contributed by atoms with Crippen molar-refractivity contribution in [1.29, 1.82) is 0 Å². The summed E-state index contributed by atoms with van der Waals surface area (Å²) >= 11 is 0. The molecule has 7 nitrogen and oxygen atoms in total. The van der Waals surface area contributed by atoms with Crippen LogP contribution in [-0.2, 0) is 16.0 Å². The third kappa shape index (κ3) is 4.50. The lowest BCUT2D eigenvalue weighted by Crippen LogP contribution is -2.41. The van der Waals surface area contributed by atoms with Crippen LogP contribution in [0.2, 0.25) is 0 Å². The molecule has 0 saturated heterocycles. The quantitative estimate of drug-likeness (QED) is 0.594. The molecule has 1 amide bonds. The maximum atomic E-state index is 12.6. The van der Waals surface area contributed by atoms with E-state index in [4.69, 9.17) is 9.47 Å². The Balaban J connectivity index is 1.66. The van der Waals surface area contributed by atoms with Crippen molar-refractivity contribution in [2.45, 2.75) is 51.2 Å². The number of nitrogens with zero attached hydrogens (tertiary/aromatic N) is 1. The Kier molecular flexibility index (Phi) is 6.36. The van der Waals surface area contributed by atoms with E-state index in [9.17, 15) is 14.7 Å². The molecule has 1 aliphatic rings. The first-order valence-corrected chi connectivity index (χ1v) is 9.73. The lowest BCUT2D eigenvalue weighted by atomic mass is 9.92. The lowest BCUT2D eigenvalue weighted by molar-refractivity contribution is -0.152. The molecule has 0 spiro atoms. The van der Waals surface area contributed by atoms with Crippen molar-refractivity contribution in [1.82, 2.24) is 10.3 Å². The summed E-state index contributed by atoms with van der Waals surface area (Å²) in [7, 11) is 1.38. The molecule has 2 N–H and O–H groups in total. The number of methoxy groups -OCH3 is 1. The third-order valence-corrected chi connectivity index (χ3v) is 5.33. The van der Waals surface area contributed by atoms with Gasteiger partial charge in [0.1, 0.15) is 12.1 Å². The van der Waals surface area contributed by atoms with Crippen molar-refractivity contribution >= 4 is 11.9 Å². The molecule has 1 aliphatic carbocycles. The molecule has 1 aromatic carbocycles. The molecule has 2 unspecified atom stereocenters. The molecule has 2 aromatic rings. The average molecular weight is 398 g/mol. The summed E-state index contributed by atoms with van der Waals surface area (Å²) in [5.41, 5.74) is 2.28. The molecule has 1 heterocycles. The molecular formula is C22H26N2O5. The van der Waals surface area contributed by atoms with Gasteiger partial charge in [0, 0.05) is 18.2 Å². The number of carbonyl (C=O) groups is 2. The van der Waals surface area contributed by atoms with Crippen LogP contribution < -0.4 is 10.1 Å². The van der Waals surface area contributed by atoms with Gasteiger partial charge in [-0.25, -0.2) is 9.78 Å². The number of nitrogens with one attached hydrogen (secondary N) is 1. The van der Waals surface area contributed by atoms with Crippen LogP contribution in [0.15, 0.2) is 36.5 Å². The summed E-state index contributed by atoms with van der Waals surface area (Å²) in [6.45, 7) is 3.61. The summed E-state index contributed by atoms with van der Waals surface area (Å²) in [5, 5.41) is 12.6. The summed E-state index contributed by atoms with van der Waals surface area (Å²) < 4.78 is 10.7. The number of rotatable bonds is 5. The Morgan fingerprint density at radius 3 is 2.79 bits per heavy atom. The fourth-order valence-electron chi connectivity index (χ4n) is 3.65. The van der Waals surface area contributed by atoms with Crippen LogP contribution >= 0.6 is 0 Å². The molecule has 0 fully saturated rings. The number of hydrogen-bond acceptors (Lipinski definition) is 6. The highest BCUT2D eigenvalue weighted by atomic mass is 16.5. The van der Waals surface area contributed by atoms with Crippen LogP contribution in [0, 0.1) is 0 Å². The van der Waals surface area contributed by atoms with E-state index < -0.39 is 17.9 Å². The van der Waals surface area contributed by atoms with E-state index in [0.29, 0.717) is 0 Å². The second kappa shape index (κ2) is 8.94. The van der Waals surface area contributed by atoms with Crippen LogP contribution in [0.25, 0.3) is 0 Å². The zero-order valence-corrected chi connectivity index (χ0v) is 16.8. The maximum absolute atomic E-state index is 12.6. The molecule has 0 aliphatic heterocycles. The second-order valence-corrected chi connectivity index (χ2v) is 7.26. The molecule has 0 radical (unpaired) electrons. The highest BCUT2D eigenvalue weighted by molar-refractivity contribution is 5.97. The highest BCUT2D eigenvalue weighted by Crippen LogP contribution is 2.32. The van der Waals surface area contributed by atoms with Gasteiger partial charge in [-0.3, -0.25) is 4.79 Å². The fraction of sp³-hybridized carbons (Fsp3) is 0.409. The van der Waals surface area contributed by atoms with Gasteiger partial charge in [-0.2, -0.15) is 0 Å². The van der Waals surface area contributed by atoms with E-state index in [1.807, 2.05) is 12.1 Å². The predicted molar refractivity (Wildman–Crippen MR) is 107 cm³/mol. The van der Waals surface area contributed by atoms with E-state index in [0.717, 1.165) is 19.3 Å². The summed E-state index contributed by atoms with van der Waals surface area (Å²) in [4.78, 5) is 28.9. The lowest BCUT2D eigenvalue weighted by Gasteiger charge is -2.25. The number of pyridine rings is 1. The molecule has 0 bridgehead atoms. The monoisotopic (exact) mass is 398 g/mol. The number of carbonyl (C=O) groups excluding carboxylic acids is 2. The average Bonchev–Trinajstić information content (AvgIpc) is 2.87. The molecule has 154 valence electrons. The van der Waals surface area contributed by atoms with Crippen molar-refractivity contribution < 1.29 is 24.2 Å². The highest BCUT2D eigenvalue weighted by Gasteiger charge is 2.30. The number of hydrogen-bond donors (Lipinski definition) is 2. The number of fused-ring (bicyclic) bond motifs is 1. The minimum absolute atomic E-state index is 0.0737. The maximum Gasteiger partial charge on any atom is 0.328 e. The van der Waals surface area contributed by atoms with Crippen molar-refractivity contribution in [3.8, 4) is 11.5 Å². The van der Waals surface area contributed by atoms with E-state index in [2.05, 4.69) is 29.4 Å². The van der Waals surface area contributed by atoms with Gasteiger partial charge in [-0.05, 0) is 37.3 Å². The van der Waals surface area contributed by atoms with Crippen LogP contribution in [-0.4, -0.2) is 41.2 Å². The van der Waals surface area contributed by atoms with Gasteiger partial charge in [-0.1, -0.05) is 31.2 Å². The van der Waals surface area contributed by atoms with Crippen molar-refractivity contribution in [3.63, 3.8) is 0 Å². The minimum atomic E-state index is -0.888. The minimum Gasteiger partial charge on any atom is -0.503 e.